The minimum absolute atomic E-state index is 0.139. The number of methoxy groups -OCH3 is 1. The van der Waals surface area contributed by atoms with Crippen molar-refractivity contribution < 1.29 is 19.1 Å². The molecule has 4 N–H and O–H groups in total. The first kappa shape index (κ1) is 28.9. The molecule has 1 aromatic carbocycles. The van der Waals surface area contributed by atoms with Crippen LogP contribution in [0.1, 0.15) is 52.7 Å². The zero-order chi connectivity index (χ0) is 29.0. The zero-order valence-electron chi connectivity index (χ0n) is 23.9. The first-order valence-corrected chi connectivity index (χ1v) is 13.6. The van der Waals surface area contributed by atoms with E-state index in [1.807, 2.05) is 18.4 Å². The van der Waals surface area contributed by atoms with Gasteiger partial charge in [-0.1, -0.05) is 0 Å². The maximum absolute atomic E-state index is 13.2. The Hall–Kier alpha value is -4.13. The second kappa shape index (κ2) is 12.4. The van der Waals surface area contributed by atoms with E-state index in [1.165, 1.54) is 20.0 Å². The molecule has 13 heteroatoms. The van der Waals surface area contributed by atoms with Crippen molar-refractivity contribution in [1.82, 2.24) is 34.4 Å². The molecule has 3 aromatic rings. The van der Waals surface area contributed by atoms with Gasteiger partial charge in [0.15, 0.2) is 0 Å². The van der Waals surface area contributed by atoms with Crippen LogP contribution < -0.4 is 21.1 Å². The number of urea groups is 1. The Morgan fingerprint density at radius 2 is 1.93 bits per heavy atom. The molecule has 40 heavy (non-hydrogen) atoms. The lowest BCUT2D eigenvalue weighted by molar-refractivity contribution is 0.0995. The van der Waals surface area contributed by atoms with E-state index in [1.54, 1.807) is 34.8 Å². The fraction of sp³-hybridized carbons (Fsp3) is 0.519. The van der Waals surface area contributed by atoms with Crippen LogP contribution in [-0.4, -0.2) is 93.9 Å². The van der Waals surface area contributed by atoms with Crippen LogP contribution in [0.4, 0.5) is 10.7 Å². The van der Waals surface area contributed by atoms with Gasteiger partial charge >= 0.3 is 6.03 Å². The van der Waals surface area contributed by atoms with Gasteiger partial charge in [0, 0.05) is 51.4 Å². The third kappa shape index (κ3) is 6.53. The van der Waals surface area contributed by atoms with Crippen LogP contribution >= 0.6 is 0 Å². The van der Waals surface area contributed by atoms with Gasteiger partial charge in [-0.2, -0.15) is 5.10 Å². The second-order valence-electron chi connectivity index (χ2n) is 10.2. The molecule has 0 radical (unpaired) electrons. The highest BCUT2D eigenvalue weighted by Crippen LogP contribution is 2.31. The number of anilines is 1. The van der Waals surface area contributed by atoms with Crippen molar-refractivity contribution in [1.29, 1.82) is 0 Å². The topological polar surface area (TPSA) is 153 Å². The minimum Gasteiger partial charge on any atom is -0.494 e. The summed E-state index contributed by atoms with van der Waals surface area (Å²) in [6.07, 6.45) is 3.02. The molecule has 1 aliphatic carbocycles. The number of rotatable bonds is 13. The Morgan fingerprint density at radius 3 is 2.58 bits per heavy atom. The van der Waals surface area contributed by atoms with E-state index in [4.69, 9.17) is 10.5 Å². The maximum Gasteiger partial charge on any atom is 0.317 e. The molecule has 0 bridgehead atoms. The number of amides is 4. The van der Waals surface area contributed by atoms with Crippen molar-refractivity contribution in [3.8, 4) is 5.75 Å². The summed E-state index contributed by atoms with van der Waals surface area (Å²) in [6.45, 7) is 6.58. The molecule has 1 fully saturated rings. The summed E-state index contributed by atoms with van der Waals surface area (Å²) in [5.74, 6) is -0.290. The Balaban J connectivity index is 1.50. The van der Waals surface area contributed by atoms with Crippen LogP contribution in [0, 0.1) is 6.92 Å². The van der Waals surface area contributed by atoms with Crippen LogP contribution in [0.5, 0.6) is 5.75 Å². The smallest absolute Gasteiger partial charge is 0.317 e. The van der Waals surface area contributed by atoms with Gasteiger partial charge in [0.1, 0.15) is 17.0 Å². The molecule has 13 nitrogen and oxygen atoms in total. The summed E-state index contributed by atoms with van der Waals surface area (Å²) in [7, 11) is 5.37. The van der Waals surface area contributed by atoms with Gasteiger partial charge in [-0.05, 0) is 58.4 Å². The predicted molar refractivity (Wildman–Crippen MR) is 152 cm³/mol. The van der Waals surface area contributed by atoms with Gasteiger partial charge < -0.3 is 30.2 Å². The largest absolute Gasteiger partial charge is 0.494 e. The number of aryl methyl sites for hydroxylation is 3. The molecule has 4 rings (SSSR count). The van der Waals surface area contributed by atoms with Crippen molar-refractivity contribution in [2.75, 3.05) is 46.2 Å². The van der Waals surface area contributed by atoms with Crippen molar-refractivity contribution in [2.45, 2.75) is 52.2 Å². The molecular formula is C27H39N9O4. The number of benzene rings is 1. The number of primary amides is 1. The third-order valence-electron chi connectivity index (χ3n) is 7.11. The number of carbonyl (C=O) groups is 3. The first-order valence-electron chi connectivity index (χ1n) is 13.6. The molecule has 4 amide bonds. The number of imidazole rings is 1. The summed E-state index contributed by atoms with van der Waals surface area (Å²) in [4.78, 5) is 46.3. The summed E-state index contributed by atoms with van der Waals surface area (Å²) in [6, 6.07) is 5.35. The van der Waals surface area contributed by atoms with Gasteiger partial charge in [0.2, 0.25) is 11.9 Å². The second-order valence-corrected chi connectivity index (χ2v) is 10.2. The predicted octanol–water partition coefficient (Wildman–Crippen LogP) is 2.05. The quantitative estimate of drug-likeness (QED) is 0.274. The van der Waals surface area contributed by atoms with Crippen LogP contribution in [0.2, 0.25) is 0 Å². The summed E-state index contributed by atoms with van der Waals surface area (Å²) >= 11 is 0. The van der Waals surface area contributed by atoms with Gasteiger partial charge in [0.05, 0.1) is 18.3 Å². The summed E-state index contributed by atoms with van der Waals surface area (Å²) < 4.78 is 9.01. The molecule has 2 heterocycles. The Bertz CT molecular complexity index is 1390. The van der Waals surface area contributed by atoms with Crippen LogP contribution in [0.15, 0.2) is 18.2 Å². The van der Waals surface area contributed by atoms with E-state index in [0.717, 1.165) is 12.2 Å². The lowest BCUT2D eigenvalue weighted by atomic mass is 10.1. The lowest BCUT2D eigenvalue weighted by Gasteiger charge is -2.22. The fourth-order valence-corrected chi connectivity index (χ4v) is 4.65. The summed E-state index contributed by atoms with van der Waals surface area (Å²) in [5, 5.41) is 10.2. The maximum atomic E-state index is 13.2. The fourth-order valence-electron chi connectivity index (χ4n) is 4.65. The van der Waals surface area contributed by atoms with Gasteiger partial charge in [0.25, 0.3) is 5.91 Å². The van der Waals surface area contributed by atoms with Crippen molar-refractivity contribution in [3.63, 3.8) is 0 Å². The third-order valence-corrected chi connectivity index (χ3v) is 7.11. The molecular weight excluding hydrogens is 514 g/mol. The van der Waals surface area contributed by atoms with E-state index >= 15 is 0 Å². The number of aromatic nitrogens is 4. The van der Waals surface area contributed by atoms with E-state index in [9.17, 15) is 14.4 Å². The van der Waals surface area contributed by atoms with E-state index < -0.39 is 5.91 Å². The number of nitrogens with one attached hydrogen (secondary N) is 2. The highest BCUT2D eigenvalue weighted by Gasteiger charge is 2.26. The number of nitrogens with two attached hydrogens (primary N) is 1. The molecule has 1 aliphatic rings. The minimum atomic E-state index is -0.613. The summed E-state index contributed by atoms with van der Waals surface area (Å²) in [5.41, 5.74) is 7.96. The molecule has 0 saturated heterocycles. The Morgan fingerprint density at radius 1 is 1.18 bits per heavy atom. The molecule has 2 aromatic heterocycles. The number of fused-ring (bicyclic) bond motifs is 1. The van der Waals surface area contributed by atoms with Crippen molar-refractivity contribution >= 4 is 34.8 Å². The number of nitrogens with zero attached hydrogens (tertiary/aromatic N) is 6. The highest BCUT2D eigenvalue weighted by atomic mass is 16.5. The highest BCUT2D eigenvalue weighted by molar-refractivity contribution is 6.04. The van der Waals surface area contributed by atoms with Crippen molar-refractivity contribution in [2.24, 2.45) is 5.73 Å². The van der Waals surface area contributed by atoms with Gasteiger partial charge in [-0.3, -0.25) is 19.6 Å². The van der Waals surface area contributed by atoms with Crippen LogP contribution in [0.25, 0.3) is 11.0 Å². The monoisotopic (exact) mass is 553 g/mol. The number of hydrogen-bond donors (Lipinski definition) is 3. The Kier molecular flexibility index (Phi) is 8.93. The average Bonchev–Trinajstić information content (AvgIpc) is 3.63. The number of carbonyl (C=O) groups excluding carboxylic acids is 3. The van der Waals surface area contributed by atoms with Crippen LogP contribution in [0.3, 0.4) is 0 Å². The van der Waals surface area contributed by atoms with E-state index in [0.29, 0.717) is 61.1 Å². The average molecular weight is 554 g/mol. The lowest BCUT2D eigenvalue weighted by Crippen LogP contribution is -2.41. The number of ether oxygens (including phenoxy) is 1. The molecule has 0 atom stereocenters. The first-order chi connectivity index (χ1) is 19.1. The number of hydrogen-bond acceptors (Lipinski definition) is 7. The van der Waals surface area contributed by atoms with Gasteiger partial charge in [-0.25, -0.2) is 9.78 Å². The Labute approximate surface area is 233 Å². The van der Waals surface area contributed by atoms with E-state index in [-0.39, 0.29) is 23.5 Å². The van der Waals surface area contributed by atoms with E-state index in [2.05, 4.69) is 32.7 Å². The van der Waals surface area contributed by atoms with Crippen molar-refractivity contribution in [3.05, 3.63) is 35.2 Å². The van der Waals surface area contributed by atoms with Crippen LogP contribution in [-0.2, 0) is 13.1 Å². The SMILES string of the molecule is CCn1nc(C)cc1C(=O)Nc1nc2cc(C(N)=O)cc(OC)c2n1CCCNC(=O)N(C)CCN(C)C1CC1. The normalized spacial score (nSPS) is 13.1. The van der Waals surface area contributed by atoms with Gasteiger partial charge in [-0.15, -0.1) is 0 Å². The molecule has 216 valence electrons. The molecule has 0 aliphatic heterocycles. The zero-order valence-corrected chi connectivity index (χ0v) is 23.9. The molecule has 0 spiro atoms. The molecule has 0 unspecified atom stereocenters. The molecule has 1 saturated carbocycles. The standard InChI is InChI=1S/C27H39N9O4/c1-6-36-21(14-17(2)32-36)25(38)31-26-30-20-15-18(24(28)37)16-22(40-5)23(20)35(26)11-7-10-29-27(39)34(4)13-12-33(3)19-8-9-19/h14-16,19H,6-13H2,1-5H3,(H2,28,37)(H,29,39)(H,30,31,38). The number of likely N-dealkylation sites (N-methyl/N-ethyl adjacent to an activating group) is 2.